The number of aliphatic hydroxyl groups is 2. The lowest BCUT2D eigenvalue weighted by molar-refractivity contribution is -0.253. The van der Waals surface area contributed by atoms with Crippen molar-refractivity contribution in [3.63, 3.8) is 0 Å². The van der Waals surface area contributed by atoms with Crippen LogP contribution in [0.3, 0.4) is 0 Å². The van der Waals surface area contributed by atoms with Gasteiger partial charge in [-0.1, -0.05) is 78.7 Å². The van der Waals surface area contributed by atoms with Crippen molar-refractivity contribution >= 4 is 11.8 Å². The molecule has 0 saturated heterocycles. The van der Waals surface area contributed by atoms with Crippen LogP contribution in [-0.4, -0.2) is 84.4 Å². The fraction of sp³-hybridized carbons (Fsp3) is 0.510. The van der Waals surface area contributed by atoms with Gasteiger partial charge in [-0.05, 0) is 93.7 Å². The second-order valence-corrected chi connectivity index (χ2v) is 17.1. The standard InChI is InChI=1S/C49H63FN2O9/c1-6-26-59-49-44(52(5)47(55)57-28-27-56-32-34-16-8-7-9-17-34)31-42(51-61-48(2,3)4)39-29-35(18-12-14-24-53)38(20-13-15-25-54)45(46(39)49)40-30-37(22-23-43(40)60-49)58-33-36-19-10-11-21-41(36)50/h6-11,16-17,19,21-23,29-30,35,38,44-46,53-54H,1,12-15,18,20,24-28,31-33H2,2-5H3/t35-,38+,44-,45+,46+,49+/m0/s1. The zero-order valence-corrected chi connectivity index (χ0v) is 36.1. The minimum Gasteiger partial charge on any atom is -0.489 e. The largest absolute Gasteiger partial charge is 0.489 e. The molecule has 6 atom stereocenters. The number of nitrogens with zero attached hydrogens (tertiary/aromatic N) is 2. The summed E-state index contributed by atoms with van der Waals surface area (Å²) in [4.78, 5) is 21.8. The van der Waals surface area contributed by atoms with Gasteiger partial charge in [0.25, 0.3) is 0 Å². The van der Waals surface area contributed by atoms with Gasteiger partial charge in [-0.15, -0.1) is 6.58 Å². The van der Waals surface area contributed by atoms with E-state index < -0.39 is 29.4 Å². The van der Waals surface area contributed by atoms with E-state index >= 15 is 0 Å². The Hall–Kier alpha value is -4.75. The van der Waals surface area contributed by atoms with Gasteiger partial charge in [0.2, 0.25) is 5.79 Å². The first-order valence-electron chi connectivity index (χ1n) is 21.6. The Balaban J connectivity index is 1.44. The lowest BCUT2D eigenvalue weighted by Gasteiger charge is -2.59. The second-order valence-electron chi connectivity index (χ2n) is 17.1. The minimum atomic E-state index is -1.43. The Morgan fingerprint density at radius 3 is 2.44 bits per heavy atom. The van der Waals surface area contributed by atoms with E-state index in [0.717, 1.165) is 42.4 Å². The first-order chi connectivity index (χ1) is 29.5. The van der Waals surface area contributed by atoms with Crippen molar-refractivity contribution in [3.8, 4) is 11.5 Å². The topological polar surface area (TPSA) is 129 Å². The van der Waals surface area contributed by atoms with E-state index in [-0.39, 0.29) is 69.6 Å². The maximum atomic E-state index is 14.7. The zero-order valence-electron chi connectivity index (χ0n) is 36.1. The molecule has 2 N–H and O–H groups in total. The molecule has 6 rings (SSSR count). The zero-order chi connectivity index (χ0) is 43.4. The number of amides is 1. The highest BCUT2D eigenvalue weighted by atomic mass is 19.1. The van der Waals surface area contributed by atoms with Gasteiger partial charge in [-0.25, -0.2) is 9.18 Å². The van der Waals surface area contributed by atoms with Crippen molar-refractivity contribution in [1.82, 2.24) is 4.90 Å². The Morgan fingerprint density at radius 2 is 1.72 bits per heavy atom. The molecule has 11 nitrogen and oxygen atoms in total. The summed E-state index contributed by atoms with van der Waals surface area (Å²) in [5.74, 6) is -1.30. The van der Waals surface area contributed by atoms with Gasteiger partial charge in [0.1, 0.15) is 42.2 Å². The lowest BCUT2D eigenvalue weighted by atomic mass is 9.55. The molecule has 2 aliphatic carbocycles. The summed E-state index contributed by atoms with van der Waals surface area (Å²) in [5, 5.41) is 24.6. The molecule has 12 heteroatoms. The van der Waals surface area contributed by atoms with Gasteiger partial charge >= 0.3 is 6.09 Å². The highest BCUT2D eigenvalue weighted by Crippen LogP contribution is 2.62. The maximum Gasteiger partial charge on any atom is 0.410 e. The first kappa shape index (κ1) is 45.8. The van der Waals surface area contributed by atoms with Crippen LogP contribution < -0.4 is 9.47 Å². The van der Waals surface area contributed by atoms with E-state index in [1.807, 2.05) is 69.3 Å². The second kappa shape index (κ2) is 21.4. The van der Waals surface area contributed by atoms with Crippen LogP contribution in [0.1, 0.15) is 88.3 Å². The average molecular weight is 843 g/mol. The third kappa shape index (κ3) is 11.2. The van der Waals surface area contributed by atoms with Gasteiger partial charge in [-0.3, -0.25) is 0 Å². The van der Waals surface area contributed by atoms with Crippen molar-refractivity contribution in [2.24, 2.45) is 22.9 Å². The third-order valence-corrected chi connectivity index (χ3v) is 11.7. The van der Waals surface area contributed by atoms with E-state index in [0.29, 0.717) is 42.2 Å². The number of hydrogen-bond donors (Lipinski definition) is 2. The highest BCUT2D eigenvalue weighted by molar-refractivity contribution is 6.03. The molecule has 3 aliphatic rings. The number of aliphatic hydroxyl groups excluding tert-OH is 2. The summed E-state index contributed by atoms with van der Waals surface area (Å²) in [5.41, 5.74) is 3.35. The molecule has 0 unspecified atom stereocenters. The molecule has 3 aromatic carbocycles. The summed E-state index contributed by atoms with van der Waals surface area (Å²) < 4.78 is 46.8. The number of likely N-dealkylation sites (N-methyl/N-ethyl adjacent to an activating group) is 1. The minimum absolute atomic E-state index is 0.0257. The SMILES string of the molecule is C=CCO[C@@]12Oc3ccc(OCc4ccccc4F)cc3[C@H]3[C@H](CCCCO)[C@@H](CCCCO)C=C(C(=NOC(C)(C)C)C[C@@H]1N(C)C(=O)OCCOCc1ccccc1)[C@H]32. The molecule has 1 amide bonds. The molecule has 0 spiro atoms. The monoisotopic (exact) mass is 842 g/mol. The number of allylic oxidation sites excluding steroid dienone is 1. The van der Waals surface area contributed by atoms with Crippen LogP contribution in [-0.2, 0) is 32.3 Å². The molecule has 3 aromatic rings. The molecule has 330 valence electrons. The summed E-state index contributed by atoms with van der Waals surface area (Å²) in [7, 11) is 1.70. The lowest BCUT2D eigenvalue weighted by Crippen LogP contribution is -2.69. The number of benzene rings is 3. The first-order valence-corrected chi connectivity index (χ1v) is 21.6. The summed E-state index contributed by atoms with van der Waals surface area (Å²) >= 11 is 0. The molecule has 1 fully saturated rings. The Kier molecular flexibility index (Phi) is 16.0. The van der Waals surface area contributed by atoms with E-state index in [1.54, 1.807) is 36.2 Å². The predicted molar refractivity (Wildman–Crippen MR) is 232 cm³/mol. The van der Waals surface area contributed by atoms with Gasteiger partial charge in [0, 0.05) is 43.7 Å². The third-order valence-electron chi connectivity index (χ3n) is 11.7. The van der Waals surface area contributed by atoms with Crippen LogP contribution in [0.2, 0.25) is 0 Å². The van der Waals surface area contributed by atoms with Gasteiger partial charge < -0.3 is 43.6 Å². The van der Waals surface area contributed by atoms with Crippen LogP contribution in [0.15, 0.2) is 102 Å². The molecule has 1 heterocycles. The van der Waals surface area contributed by atoms with Crippen LogP contribution in [0, 0.1) is 23.6 Å². The van der Waals surface area contributed by atoms with Crippen LogP contribution in [0.4, 0.5) is 9.18 Å². The number of oxime groups is 1. The number of fused-ring (bicyclic) bond motifs is 2. The molecule has 0 bridgehead atoms. The molecular weight excluding hydrogens is 780 g/mol. The van der Waals surface area contributed by atoms with E-state index in [2.05, 4.69) is 12.7 Å². The van der Waals surface area contributed by atoms with Crippen molar-refractivity contribution in [2.75, 3.05) is 40.1 Å². The number of halogens is 1. The Labute approximate surface area is 360 Å². The van der Waals surface area contributed by atoms with Gasteiger partial charge in [-0.2, -0.15) is 0 Å². The number of ether oxygens (including phenoxy) is 5. The fourth-order valence-electron chi connectivity index (χ4n) is 8.97. The van der Waals surface area contributed by atoms with Crippen LogP contribution in [0.5, 0.6) is 11.5 Å². The number of rotatable bonds is 21. The predicted octanol–water partition coefficient (Wildman–Crippen LogP) is 9.12. The Morgan fingerprint density at radius 1 is 0.984 bits per heavy atom. The van der Waals surface area contributed by atoms with Crippen LogP contribution >= 0.6 is 0 Å². The van der Waals surface area contributed by atoms with Gasteiger partial charge in [0.15, 0.2) is 0 Å². The molecule has 1 aliphatic heterocycles. The fourth-order valence-corrected chi connectivity index (χ4v) is 8.97. The van der Waals surface area contributed by atoms with E-state index in [9.17, 15) is 19.4 Å². The molecule has 61 heavy (non-hydrogen) atoms. The average Bonchev–Trinajstić information content (AvgIpc) is 3.25. The molecule has 1 saturated carbocycles. The van der Waals surface area contributed by atoms with Crippen molar-refractivity contribution in [3.05, 3.63) is 120 Å². The number of hydrogen-bond acceptors (Lipinski definition) is 10. The maximum absolute atomic E-state index is 14.7. The van der Waals surface area contributed by atoms with Crippen molar-refractivity contribution < 1.29 is 47.9 Å². The normalized spacial score (nSPS) is 23.6. The summed E-state index contributed by atoms with van der Waals surface area (Å²) in [6.07, 6.45) is 8.12. The Bertz CT molecular complexity index is 1970. The van der Waals surface area contributed by atoms with Gasteiger partial charge in [0.05, 0.1) is 31.5 Å². The smallest absolute Gasteiger partial charge is 0.410 e. The van der Waals surface area contributed by atoms with Crippen LogP contribution in [0.25, 0.3) is 0 Å². The molecule has 0 aromatic heterocycles. The highest BCUT2D eigenvalue weighted by Gasteiger charge is 2.65. The number of carbonyl (C=O) groups excluding carboxylic acids is 1. The van der Waals surface area contributed by atoms with E-state index in [1.165, 1.54) is 6.07 Å². The van der Waals surface area contributed by atoms with Crippen molar-refractivity contribution in [2.45, 2.75) is 102 Å². The summed E-state index contributed by atoms with van der Waals surface area (Å²) in [6.45, 7) is 10.8. The summed E-state index contributed by atoms with van der Waals surface area (Å²) in [6, 6.07) is 21.3. The van der Waals surface area contributed by atoms with Crippen molar-refractivity contribution in [1.29, 1.82) is 0 Å². The molecular formula is C49H63FN2O9. The molecule has 0 radical (unpaired) electrons. The van der Waals surface area contributed by atoms with E-state index in [4.69, 9.17) is 33.7 Å². The quantitative estimate of drug-likeness (QED) is 0.0613. The number of unbranched alkanes of at least 4 members (excludes halogenated alkanes) is 2. The number of carbonyl (C=O) groups is 1.